The molecule has 0 spiro atoms. The summed E-state index contributed by atoms with van der Waals surface area (Å²) < 4.78 is 0. The van der Waals surface area contributed by atoms with Crippen molar-refractivity contribution in [1.29, 1.82) is 5.26 Å². The molecular formula is C23H35N3O2S. The number of aryl methyl sites for hydroxylation is 1. The Morgan fingerprint density at radius 1 is 1.10 bits per heavy atom. The van der Waals surface area contributed by atoms with Gasteiger partial charge in [-0.05, 0) is 35.7 Å². The summed E-state index contributed by atoms with van der Waals surface area (Å²) in [7, 11) is 0. The number of nitriles is 1. The summed E-state index contributed by atoms with van der Waals surface area (Å²) in [6.45, 7) is 12.0. The minimum atomic E-state index is -0.179. The van der Waals surface area contributed by atoms with Gasteiger partial charge < -0.3 is 16.9 Å². The second kappa shape index (κ2) is 14.3. The van der Waals surface area contributed by atoms with Crippen LogP contribution in [0.4, 0.5) is 5.00 Å². The summed E-state index contributed by atoms with van der Waals surface area (Å²) in [6.07, 6.45) is 0.787. The first kappa shape index (κ1) is 28.5. The van der Waals surface area contributed by atoms with Crippen LogP contribution in [0.3, 0.4) is 0 Å². The fourth-order valence-corrected chi connectivity index (χ4v) is 3.90. The molecule has 0 aliphatic carbocycles. The molecule has 3 rings (SSSR count). The molecule has 0 aliphatic rings. The molecule has 0 radical (unpaired) electrons. The van der Waals surface area contributed by atoms with Crippen LogP contribution in [0.1, 0.15) is 62.4 Å². The average Bonchev–Trinajstić information content (AvgIpc) is 3.04. The van der Waals surface area contributed by atoms with Crippen LogP contribution < -0.4 is 11.5 Å². The summed E-state index contributed by atoms with van der Waals surface area (Å²) in [6, 6.07) is 15.7. The fraction of sp³-hybridized carbons (Fsp3) is 0.304. The van der Waals surface area contributed by atoms with E-state index >= 15 is 0 Å². The molecule has 2 aromatic carbocycles. The van der Waals surface area contributed by atoms with Crippen LogP contribution in [0.25, 0.3) is 10.8 Å². The van der Waals surface area contributed by atoms with Gasteiger partial charge in [0.25, 0.3) is 5.91 Å². The second-order valence-electron chi connectivity index (χ2n) is 5.29. The van der Waals surface area contributed by atoms with Gasteiger partial charge in [0.15, 0.2) is 0 Å². The van der Waals surface area contributed by atoms with Crippen LogP contribution in [-0.4, -0.2) is 11.4 Å². The molecule has 1 amide bonds. The maximum Gasteiger partial charge on any atom is 0.256 e. The number of nitrogens with one attached hydrogen (secondary N) is 1. The number of amides is 1. The summed E-state index contributed by atoms with van der Waals surface area (Å²) in [5, 5.41) is 14.9. The van der Waals surface area contributed by atoms with Gasteiger partial charge in [0, 0.05) is 11.9 Å². The van der Waals surface area contributed by atoms with E-state index in [0.29, 0.717) is 16.1 Å². The van der Waals surface area contributed by atoms with Crippen molar-refractivity contribution in [3.05, 3.63) is 64.0 Å². The van der Waals surface area contributed by atoms with Gasteiger partial charge in [0.1, 0.15) is 11.1 Å². The summed E-state index contributed by atoms with van der Waals surface area (Å²) in [5.74, 6) is -0.179. The van der Waals surface area contributed by atoms with Gasteiger partial charge in [-0.3, -0.25) is 4.79 Å². The average molecular weight is 418 g/mol. The molecule has 160 valence electrons. The molecule has 0 aliphatic heterocycles. The number of carbonyl (C=O) groups excluding carboxylic acids is 1. The maximum atomic E-state index is 12.7. The predicted octanol–water partition coefficient (Wildman–Crippen LogP) is 6.53. The Balaban J connectivity index is -0.000000984. The SMILES string of the molecule is CC.CC.CCc1c(C)sc(NC(=O)c2cccc3ccccc23)c1C#N.N.O.[HH]. The molecule has 1 heterocycles. The van der Waals surface area contributed by atoms with E-state index in [-0.39, 0.29) is 19.0 Å². The lowest BCUT2D eigenvalue weighted by Crippen LogP contribution is -2.12. The van der Waals surface area contributed by atoms with Gasteiger partial charge in [0.2, 0.25) is 0 Å². The minimum absolute atomic E-state index is 0. The Kier molecular flexibility index (Phi) is 14.1. The van der Waals surface area contributed by atoms with Crippen LogP contribution >= 0.6 is 11.3 Å². The number of nitrogens with zero attached hydrogens (tertiary/aromatic N) is 1. The molecule has 0 saturated carbocycles. The quantitative estimate of drug-likeness (QED) is 0.504. The molecule has 6 N–H and O–H groups in total. The zero-order valence-electron chi connectivity index (χ0n) is 18.2. The number of hydrogen-bond donors (Lipinski definition) is 2. The summed E-state index contributed by atoms with van der Waals surface area (Å²) in [4.78, 5) is 13.8. The van der Waals surface area contributed by atoms with Gasteiger partial charge in [0.05, 0.1) is 5.56 Å². The molecule has 29 heavy (non-hydrogen) atoms. The predicted molar refractivity (Wildman–Crippen MR) is 128 cm³/mol. The van der Waals surface area contributed by atoms with Gasteiger partial charge in [-0.1, -0.05) is 71.0 Å². The molecule has 0 fully saturated rings. The first-order valence-corrected chi connectivity index (χ1v) is 10.3. The van der Waals surface area contributed by atoms with Crippen LogP contribution in [0.5, 0.6) is 0 Å². The third-order valence-corrected chi connectivity index (χ3v) is 5.00. The van der Waals surface area contributed by atoms with Crippen LogP contribution in [-0.2, 0) is 6.42 Å². The zero-order valence-corrected chi connectivity index (χ0v) is 19.0. The number of benzene rings is 2. The Morgan fingerprint density at radius 3 is 2.28 bits per heavy atom. The van der Waals surface area contributed by atoms with Crippen molar-refractivity contribution < 1.29 is 11.7 Å². The lowest BCUT2D eigenvalue weighted by Gasteiger charge is -2.07. The van der Waals surface area contributed by atoms with E-state index in [9.17, 15) is 10.1 Å². The number of thiophene rings is 1. The number of rotatable bonds is 3. The van der Waals surface area contributed by atoms with Crippen molar-refractivity contribution in [2.45, 2.75) is 48.0 Å². The van der Waals surface area contributed by atoms with E-state index < -0.39 is 0 Å². The topological polar surface area (TPSA) is 119 Å². The highest BCUT2D eigenvalue weighted by atomic mass is 32.1. The molecule has 6 heteroatoms. The van der Waals surface area contributed by atoms with E-state index in [1.165, 1.54) is 11.3 Å². The van der Waals surface area contributed by atoms with Crippen LogP contribution in [0.2, 0.25) is 0 Å². The first-order valence-electron chi connectivity index (χ1n) is 9.47. The van der Waals surface area contributed by atoms with Crippen molar-refractivity contribution in [3.8, 4) is 6.07 Å². The molecule has 3 aromatic rings. The molecule has 0 atom stereocenters. The monoisotopic (exact) mass is 417 g/mol. The van der Waals surface area contributed by atoms with Crippen molar-refractivity contribution in [3.63, 3.8) is 0 Å². The Morgan fingerprint density at radius 2 is 1.69 bits per heavy atom. The Hall–Kier alpha value is -2.72. The van der Waals surface area contributed by atoms with Crippen LogP contribution in [0.15, 0.2) is 42.5 Å². The van der Waals surface area contributed by atoms with E-state index in [2.05, 4.69) is 11.4 Å². The maximum absolute atomic E-state index is 12.7. The number of anilines is 1. The molecule has 5 nitrogen and oxygen atoms in total. The summed E-state index contributed by atoms with van der Waals surface area (Å²) in [5.41, 5.74) is 2.23. The van der Waals surface area contributed by atoms with E-state index in [4.69, 9.17) is 0 Å². The third kappa shape index (κ3) is 6.40. The van der Waals surface area contributed by atoms with E-state index in [0.717, 1.165) is 27.6 Å². The minimum Gasteiger partial charge on any atom is -0.412 e. The zero-order chi connectivity index (χ0) is 20.4. The van der Waals surface area contributed by atoms with Crippen LogP contribution in [0, 0.1) is 18.3 Å². The van der Waals surface area contributed by atoms with Gasteiger partial charge in [-0.25, -0.2) is 0 Å². The Labute approximate surface area is 179 Å². The third-order valence-electron chi connectivity index (χ3n) is 3.94. The van der Waals surface area contributed by atoms with Gasteiger partial charge in [-0.15, -0.1) is 11.3 Å². The summed E-state index contributed by atoms with van der Waals surface area (Å²) >= 11 is 1.46. The van der Waals surface area contributed by atoms with Gasteiger partial charge in [-0.2, -0.15) is 5.26 Å². The lowest BCUT2D eigenvalue weighted by atomic mass is 10.0. The second-order valence-corrected chi connectivity index (χ2v) is 6.51. The largest absolute Gasteiger partial charge is 0.412 e. The molecule has 1 aromatic heterocycles. The number of carbonyl (C=O) groups is 1. The van der Waals surface area contributed by atoms with E-state index in [1.54, 1.807) is 0 Å². The van der Waals surface area contributed by atoms with E-state index in [1.807, 2.05) is 84.0 Å². The highest BCUT2D eigenvalue weighted by Gasteiger charge is 2.18. The molecule has 0 unspecified atom stereocenters. The number of hydrogen-bond acceptors (Lipinski definition) is 4. The number of fused-ring (bicyclic) bond motifs is 1. The van der Waals surface area contributed by atoms with Crippen molar-refractivity contribution in [2.75, 3.05) is 5.32 Å². The van der Waals surface area contributed by atoms with Crippen molar-refractivity contribution in [2.24, 2.45) is 0 Å². The first-order chi connectivity index (χ1) is 13.2. The lowest BCUT2D eigenvalue weighted by molar-refractivity contribution is 0.102. The molecule has 0 bridgehead atoms. The smallest absolute Gasteiger partial charge is 0.256 e. The fourth-order valence-electron chi connectivity index (χ4n) is 2.80. The molecule has 0 saturated heterocycles. The Bertz CT molecular complexity index is 944. The van der Waals surface area contributed by atoms with Gasteiger partial charge >= 0.3 is 0 Å². The normalized spacial score (nSPS) is 8.72. The van der Waals surface area contributed by atoms with Crippen molar-refractivity contribution in [1.82, 2.24) is 6.15 Å². The van der Waals surface area contributed by atoms with Crippen molar-refractivity contribution >= 4 is 33.0 Å². The standard InChI is InChI=1S/C19H16N2OS.2C2H6.H3N.H2O.H2/c1-3-14-12(2)23-19(17(14)11-20)21-18(22)16-10-6-8-13-7-4-5-9-15(13)16;2*1-2;;;/h4-10H,3H2,1-2H3,(H,21,22);2*1-2H3;1H3;1H2;1H. The molecular weight excluding hydrogens is 382 g/mol. The highest BCUT2D eigenvalue weighted by molar-refractivity contribution is 7.16. The highest BCUT2D eigenvalue weighted by Crippen LogP contribution is 2.33.